The van der Waals surface area contributed by atoms with Crippen molar-refractivity contribution < 1.29 is 45.9 Å². The van der Waals surface area contributed by atoms with E-state index in [4.69, 9.17) is 22.2 Å². The number of nitrogens with zero attached hydrogens (tertiary/aromatic N) is 5. The average Bonchev–Trinajstić information content (AvgIpc) is 3.31. The summed E-state index contributed by atoms with van der Waals surface area (Å²) in [6, 6.07) is 11.5. The molecule has 3 aromatic rings. The molecule has 3 N–H and O–H groups in total. The van der Waals surface area contributed by atoms with Crippen LogP contribution in [-0.2, 0) is 25.4 Å². The molecular weight excluding hydrogens is 776 g/mol. The van der Waals surface area contributed by atoms with E-state index in [1.54, 1.807) is 0 Å². The summed E-state index contributed by atoms with van der Waals surface area (Å²) in [7, 11) is 0. The molecule has 0 saturated carbocycles. The number of ether oxygens (including phenoxy) is 1. The number of thiocarbonyl (C=S) groups is 1. The van der Waals surface area contributed by atoms with Crippen LogP contribution in [0.5, 0.6) is 5.75 Å². The Morgan fingerprint density at radius 3 is 2.33 bits per heavy atom. The number of piperidine rings is 1. The number of piperazine rings is 1. The summed E-state index contributed by atoms with van der Waals surface area (Å²) in [6.45, 7) is 5.92. The number of imide groups is 1. The molecule has 3 fully saturated rings. The summed E-state index contributed by atoms with van der Waals surface area (Å²) < 4.78 is 76.5. The second-order valence-electron chi connectivity index (χ2n) is 14.2. The molecule has 3 heterocycles. The predicted molar refractivity (Wildman–Crippen MR) is 202 cm³/mol. The van der Waals surface area contributed by atoms with Gasteiger partial charge < -0.3 is 20.3 Å². The number of hydrogen-bond acceptors (Lipinski definition) is 10. The summed E-state index contributed by atoms with van der Waals surface area (Å²) in [6.07, 6.45) is -4.44. The van der Waals surface area contributed by atoms with Crippen LogP contribution < -0.4 is 30.5 Å². The van der Waals surface area contributed by atoms with Gasteiger partial charge in [0, 0.05) is 62.3 Å². The lowest BCUT2D eigenvalue weighted by molar-refractivity contribution is -0.138. The second kappa shape index (κ2) is 16.4. The molecule has 3 aliphatic heterocycles. The van der Waals surface area contributed by atoms with Crippen LogP contribution >= 0.6 is 12.2 Å². The van der Waals surface area contributed by atoms with Gasteiger partial charge in [0.05, 0.1) is 29.4 Å². The summed E-state index contributed by atoms with van der Waals surface area (Å²) in [5.74, 6) is -3.31. The molecule has 57 heavy (non-hydrogen) atoms. The zero-order valence-electron chi connectivity index (χ0n) is 30.7. The zero-order valence-corrected chi connectivity index (χ0v) is 31.5. The first-order chi connectivity index (χ1) is 26.9. The third-order valence-corrected chi connectivity index (χ3v) is 10.2. The molecule has 3 saturated heterocycles. The van der Waals surface area contributed by atoms with Crippen molar-refractivity contribution in [3.05, 3.63) is 77.4 Å². The van der Waals surface area contributed by atoms with Gasteiger partial charge in [-0.3, -0.25) is 39.2 Å². The maximum absolute atomic E-state index is 15.4. The van der Waals surface area contributed by atoms with Crippen molar-refractivity contribution in [1.82, 2.24) is 15.1 Å². The largest absolute Gasteiger partial charge is 0.489 e. The van der Waals surface area contributed by atoms with Crippen molar-refractivity contribution in [2.45, 2.75) is 44.4 Å². The highest BCUT2D eigenvalue weighted by molar-refractivity contribution is 7.81. The second-order valence-corrected chi connectivity index (χ2v) is 14.5. The number of carbonyl (C=O) groups is 4. The fourth-order valence-corrected chi connectivity index (χ4v) is 7.36. The van der Waals surface area contributed by atoms with Gasteiger partial charge in [0.15, 0.2) is 16.7 Å². The number of halogens is 5. The third-order valence-electron chi connectivity index (χ3n) is 9.79. The zero-order chi connectivity index (χ0) is 41.2. The Balaban J connectivity index is 0.983. The molecule has 0 spiro atoms. The minimum atomic E-state index is -4.85. The van der Waals surface area contributed by atoms with Crippen LogP contribution in [0, 0.1) is 23.0 Å². The number of nitriles is 1. The number of benzene rings is 3. The van der Waals surface area contributed by atoms with E-state index in [0.29, 0.717) is 38.8 Å². The van der Waals surface area contributed by atoms with Crippen LogP contribution in [0.4, 0.5) is 44.7 Å². The van der Waals surface area contributed by atoms with Crippen molar-refractivity contribution >= 4 is 63.7 Å². The van der Waals surface area contributed by atoms with Crippen LogP contribution in [0.25, 0.3) is 0 Å². The molecule has 6 rings (SSSR count). The Morgan fingerprint density at radius 1 is 0.982 bits per heavy atom. The molecule has 1 unspecified atom stereocenters. The van der Waals surface area contributed by atoms with Gasteiger partial charge in [0.1, 0.15) is 24.0 Å². The Morgan fingerprint density at radius 2 is 1.67 bits per heavy atom. The summed E-state index contributed by atoms with van der Waals surface area (Å²) in [5.41, 5.74) is -2.74. The van der Waals surface area contributed by atoms with Crippen molar-refractivity contribution in [3.63, 3.8) is 0 Å². The Labute approximate surface area is 329 Å². The van der Waals surface area contributed by atoms with Crippen molar-refractivity contribution in [2.75, 3.05) is 66.3 Å². The maximum atomic E-state index is 15.4. The highest BCUT2D eigenvalue weighted by Crippen LogP contribution is 2.40. The molecule has 0 radical (unpaired) electrons. The van der Waals surface area contributed by atoms with Gasteiger partial charge in [-0.05, 0) is 81.0 Å². The number of carbonyl (C=O) groups excluding carboxylic acids is 4. The number of nitrogens with one attached hydrogen (secondary N) is 3. The first-order valence-electron chi connectivity index (χ1n) is 17.8. The van der Waals surface area contributed by atoms with Crippen molar-refractivity contribution in [3.8, 4) is 11.8 Å². The van der Waals surface area contributed by atoms with Gasteiger partial charge in [-0.2, -0.15) is 18.4 Å². The SMILES string of the molecule is CC1(C)C(=O)N(c2ccc(C#N)c(C(F)(F)F)c2)C(=S)N1c1ccc(OCCN2CCN(CC(=O)Nc3cc(F)cc(NC4CCC(=O)NC4=O)c3)CC2)c(F)c1. The van der Waals surface area contributed by atoms with E-state index < -0.39 is 52.3 Å². The van der Waals surface area contributed by atoms with E-state index in [1.807, 2.05) is 4.90 Å². The lowest BCUT2D eigenvalue weighted by atomic mass is 10.0. The van der Waals surface area contributed by atoms with E-state index in [1.165, 1.54) is 55.1 Å². The van der Waals surface area contributed by atoms with E-state index in [9.17, 15) is 36.7 Å². The van der Waals surface area contributed by atoms with Crippen LogP contribution in [-0.4, -0.2) is 96.0 Å². The summed E-state index contributed by atoms with van der Waals surface area (Å²) >= 11 is 5.53. The lowest BCUT2D eigenvalue weighted by Crippen LogP contribution is -2.49. The van der Waals surface area contributed by atoms with E-state index >= 15 is 4.39 Å². The van der Waals surface area contributed by atoms with Crippen molar-refractivity contribution in [1.29, 1.82) is 5.26 Å². The Hall–Kier alpha value is -5.71. The monoisotopic (exact) mass is 812 g/mol. The fourth-order valence-electron chi connectivity index (χ4n) is 6.84. The van der Waals surface area contributed by atoms with Gasteiger partial charge in [0.2, 0.25) is 17.7 Å². The number of alkyl halides is 3. The first kappa shape index (κ1) is 40.9. The number of rotatable bonds is 11. The van der Waals surface area contributed by atoms with E-state index in [0.717, 1.165) is 23.1 Å². The summed E-state index contributed by atoms with van der Waals surface area (Å²) in [5, 5.41) is 16.8. The molecule has 4 amide bonds. The van der Waals surface area contributed by atoms with Crippen LogP contribution in [0.1, 0.15) is 37.8 Å². The van der Waals surface area contributed by atoms with Crippen LogP contribution in [0.15, 0.2) is 54.6 Å². The maximum Gasteiger partial charge on any atom is 0.417 e. The summed E-state index contributed by atoms with van der Waals surface area (Å²) in [4.78, 5) is 56.1. The molecule has 19 heteroatoms. The molecule has 13 nitrogen and oxygen atoms in total. The van der Waals surface area contributed by atoms with Gasteiger partial charge in [-0.1, -0.05) is 0 Å². The molecule has 0 aromatic heterocycles. The predicted octanol–water partition coefficient (Wildman–Crippen LogP) is 4.62. The lowest BCUT2D eigenvalue weighted by Gasteiger charge is -2.34. The number of amides is 4. The van der Waals surface area contributed by atoms with Gasteiger partial charge >= 0.3 is 6.18 Å². The Bertz CT molecular complexity index is 2150. The molecule has 3 aromatic carbocycles. The quantitative estimate of drug-likeness (QED) is 0.142. The van der Waals surface area contributed by atoms with Gasteiger partial charge in [0.25, 0.3) is 5.91 Å². The smallest absolute Gasteiger partial charge is 0.417 e. The molecule has 1 atom stereocenters. The van der Waals surface area contributed by atoms with Crippen molar-refractivity contribution in [2.24, 2.45) is 0 Å². The highest BCUT2D eigenvalue weighted by Gasteiger charge is 2.51. The minimum absolute atomic E-state index is 0.0526. The molecule has 300 valence electrons. The molecule has 3 aliphatic rings. The van der Waals surface area contributed by atoms with Crippen LogP contribution in [0.2, 0.25) is 0 Å². The molecule has 0 bridgehead atoms. The van der Waals surface area contributed by atoms with Gasteiger partial charge in [-0.15, -0.1) is 0 Å². The van der Waals surface area contributed by atoms with Gasteiger partial charge in [-0.25, -0.2) is 8.78 Å². The van der Waals surface area contributed by atoms with E-state index in [-0.39, 0.29) is 71.4 Å². The first-order valence-corrected chi connectivity index (χ1v) is 18.2. The average molecular weight is 813 g/mol. The number of hydrogen-bond donors (Lipinski definition) is 3. The number of anilines is 4. The standard InChI is InChI=1S/C38H37F5N8O5S/c1-37(2)35(55)50(26-4-3-22(20-44)28(18-26)38(41,42)43)36(57)51(37)27-5-7-31(29(40)19-27)56-14-13-48-9-11-49(12-10-48)21-33(53)46-25-16-23(39)15-24(17-25)45-30-6-8-32(52)47-34(30)54/h3-5,7,15-19,30,45H,6,8-14,21H2,1-2H3,(H,46,53)(H,47,52,54). The van der Waals surface area contributed by atoms with E-state index in [2.05, 4.69) is 20.9 Å². The normalized spacial score (nSPS) is 19.0. The Kier molecular flexibility index (Phi) is 11.8. The minimum Gasteiger partial charge on any atom is -0.489 e. The highest BCUT2D eigenvalue weighted by atomic mass is 32.1. The topological polar surface area (TPSA) is 150 Å². The fraction of sp³-hybridized carbons (Fsp3) is 0.368. The molecular formula is C38H37F5N8O5S. The molecule has 0 aliphatic carbocycles. The third kappa shape index (κ3) is 9.14. The van der Waals surface area contributed by atoms with Crippen LogP contribution in [0.3, 0.4) is 0 Å².